The first kappa shape index (κ1) is 13.7. The van der Waals surface area contributed by atoms with Gasteiger partial charge in [0.2, 0.25) is 10.0 Å². The fraction of sp³-hybridized carbons (Fsp3) is 0.100. The molecule has 1 N–H and O–H groups in total. The number of aromatic nitrogens is 1. The van der Waals surface area contributed by atoms with Crippen molar-refractivity contribution in [3.63, 3.8) is 0 Å². The van der Waals surface area contributed by atoms with Crippen molar-refractivity contribution in [2.45, 2.75) is 11.4 Å². The minimum absolute atomic E-state index is 0.0604. The third kappa shape index (κ3) is 3.19. The maximum Gasteiger partial charge on any atom is 0.242 e. The minimum atomic E-state index is -3.59. The van der Waals surface area contributed by atoms with Crippen LogP contribution in [-0.2, 0) is 16.6 Å². The molecule has 0 radical (unpaired) electrons. The average Bonchev–Trinajstić information content (AvgIpc) is 2.78. The first-order valence-corrected chi connectivity index (χ1v) is 7.90. The summed E-state index contributed by atoms with van der Waals surface area (Å²) in [6, 6.07) is 6.44. The van der Waals surface area contributed by atoms with E-state index in [9.17, 15) is 8.42 Å². The van der Waals surface area contributed by atoms with Crippen molar-refractivity contribution in [2.75, 3.05) is 0 Å². The number of hydrogen-bond acceptors (Lipinski definition) is 4. The maximum absolute atomic E-state index is 12.0. The topological polar surface area (TPSA) is 72.2 Å². The van der Waals surface area contributed by atoms with Crippen molar-refractivity contribution in [2.24, 2.45) is 0 Å². The molecule has 0 fully saturated rings. The summed E-state index contributed by atoms with van der Waals surface area (Å²) in [6.07, 6.45) is 1.46. The molecule has 96 valence electrons. The molecule has 0 spiro atoms. The van der Waals surface area contributed by atoms with E-state index >= 15 is 0 Å². The Hall–Kier alpha value is -0.700. The number of nitrogens with one attached hydrogen (secondary N) is 1. The fourth-order valence-corrected chi connectivity index (χ4v) is 4.01. The second-order valence-electron chi connectivity index (χ2n) is 3.38. The van der Waals surface area contributed by atoms with Gasteiger partial charge in [0, 0.05) is 15.0 Å². The lowest BCUT2D eigenvalue weighted by molar-refractivity contribution is 0.380. The summed E-state index contributed by atoms with van der Waals surface area (Å²) in [6.45, 7) is 0.0604. The van der Waals surface area contributed by atoms with Crippen LogP contribution in [-0.4, -0.2) is 13.6 Å². The number of hydrogen-bond donors (Lipinski definition) is 1. The van der Waals surface area contributed by atoms with Gasteiger partial charge in [-0.25, -0.2) is 13.1 Å². The van der Waals surface area contributed by atoms with E-state index in [2.05, 4.69) is 41.7 Å². The van der Waals surface area contributed by atoms with Crippen LogP contribution in [0.1, 0.15) is 5.76 Å². The van der Waals surface area contributed by atoms with Crippen LogP contribution in [0.5, 0.6) is 0 Å². The molecular formula is C10H8Br2N2O3S. The summed E-state index contributed by atoms with van der Waals surface area (Å²) in [5.41, 5.74) is 0. The highest BCUT2D eigenvalue weighted by Crippen LogP contribution is 2.25. The quantitative estimate of drug-likeness (QED) is 0.863. The number of nitrogens with zero attached hydrogens (tertiary/aromatic N) is 1. The highest BCUT2D eigenvalue weighted by atomic mass is 79.9. The molecule has 0 bridgehead atoms. The molecule has 5 nitrogen and oxygen atoms in total. The van der Waals surface area contributed by atoms with Crippen LogP contribution in [0.25, 0.3) is 0 Å². The van der Waals surface area contributed by atoms with Crippen molar-refractivity contribution in [3.05, 3.63) is 45.2 Å². The second-order valence-corrected chi connectivity index (χ2v) is 6.88. The summed E-state index contributed by atoms with van der Waals surface area (Å²) in [4.78, 5) is 0.171. The Balaban J connectivity index is 2.20. The summed E-state index contributed by atoms with van der Waals surface area (Å²) in [5.74, 6) is 0.451. The van der Waals surface area contributed by atoms with Gasteiger partial charge in [-0.15, -0.1) is 0 Å². The number of halogens is 2. The third-order valence-corrected chi connectivity index (χ3v) is 4.98. The van der Waals surface area contributed by atoms with Gasteiger partial charge in [0.05, 0.1) is 17.6 Å². The normalized spacial score (nSPS) is 11.7. The van der Waals surface area contributed by atoms with Gasteiger partial charge in [-0.05, 0) is 34.1 Å². The van der Waals surface area contributed by atoms with Crippen molar-refractivity contribution in [1.29, 1.82) is 0 Å². The zero-order valence-corrected chi connectivity index (χ0v) is 12.9. The molecule has 8 heteroatoms. The molecule has 0 aliphatic heterocycles. The molecule has 1 heterocycles. The zero-order chi connectivity index (χ0) is 13.2. The minimum Gasteiger partial charge on any atom is -0.360 e. The molecule has 0 saturated heterocycles. The van der Waals surface area contributed by atoms with Crippen molar-refractivity contribution in [3.8, 4) is 0 Å². The molecular weight excluding hydrogens is 388 g/mol. The zero-order valence-electron chi connectivity index (χ0n) is 8.93. The Morgan fingerprint density at radius 2 is 2.06 bits per heavy atom. The Labute approximate surface area is 121 Å². The van der Waals surface area contributed by atoms with Crippen LogP contribution in [0.15, 0.2) is 48.8 Å². The Morgan fingerprint density at radius 1 is 1.28 bits per heavy atom. The average molecular weight is 396 g/mol. The molecule has 0 aliphatic carbocycles. The SMILES string of the molecule is O=S(=O)(NCc1ccno1)c1ccc(Br)cc1Br. The monoisotopic (exact) mass is 394 g/mol. The lowest BCUT2D eigenvalue weighted by atomic mass is 10.4. The van der Waals surface area contributed by atoms with Gasteiger partial charge in [0.15, 0.2) is 5.76 Å². The largest absolute Gasteiger partial charge is 0.360 e. The van der Waals surface area contributed by atoms with E-state index in [0.717, 1.165) is 4.47 Å². The van der Waals surface area contributed by atoms with Crippen LogP contribution in [0, 0.1) is 0 Å². The van der Waals surface area contributed by atoms with Gasteiger partial charge in [-0.1, -0.05) is 21.1 Å². The van der Waals surface area contributed by atoms with Gasteiger partial charge in [-0.3, -0.25) is 0 Å². The Morgan fingerprint density at radius 3 is 2.67 bits per heavy atom. The van der Waals surface area contributed by atoms with Crippen LogP contribution < -0.4 is 4.72 Å². The number of sulfonamides is 1. The van der Waals surface area contributed by atoms with Gasteiger partial charge >= 0.3 is 0 Å². The lowest BCUT2D eigenvalue weighted by Crippen LogP contribution is -2.23. The van der Waals surface area contributed by atoms with E-state index in [1.54, 1.807) is 18.2 Å². The van der Waals surface area contributed by atoms with E-state index < -0.39 is 10.0 Å². The van der Waals surface area contributed by atoms with E-state index in [1.807, 2.05) is 0 Å². The molecule has 0 saturated carbocycles. The smallest absolute Gasteiger partial charge is 0.242 e. The molecule has 0 aliphatic rings. The molecule has 18 heavy (non-hydrogen) atoms. The van der Waals surface area contributed by atoms with Crippen LogP contribution in [0.2, 0.25) is 0 Å². The predicted octanol–water partition coefficient (Wildman–Crippen LogP) is 2.68. The molecule has 1 aromatic carbocycles. The molecule has 0 unspecified atom stereocenters. The van der Waals surface area contributed by atoms with Gasteiger partial charge in [-0.2, -0.15) is 0 Å². The first-order valence-electron chi connectivity index (χ1n) is 4.83. The molecule has 0 atom stereocenters. The second kappa shape index (κ2) is 5.52. The van der Waals surface area contributed by atoms with Gasteiger partial charge in [0.25, 0.3) is 0 Å². The fourth-order valence-electron chi connectivity index (χ4n) is 1.27. The molecule has 2 rings (SSSR count). The summed E-state index contributed by atoms with van der Waals surface area (Å²) >= 11 is 6.48. The van der Waals surface area contributed by atoms with Crippen molar-refractivity contribution < 1.29 is 12.9 Å². The number of rotatable bonds is 4. The Kier molecular flexibility index (Phi) is 4.21. The molecule has 1 aromatic heterocycles. The predicted molar refractivity (Wildman–Crippen MR) is 72.4 cm³/mol. The van der Waals surface area contributed by atoms with Crippen LogP contribution in [0.4, 0.5) is 0 Å². The van der Waals surface area contributed by atoms with Crippen molar-refractivity contribution >= 4 is 41.9 Å². The van der Waals surface area contributed by atoms with Crippen LogP contribution in [0.3, 0.4) is 0 Å². The highest BCUT2D eigenvalue weighted by molar-refractivity contribution is 9.11. The highest BCUT2D eigenvalue weighted by Gasteiger charge is 2.17. The van der Waals surface area contributed by atoms with E-state index in [0.29, 0.717) is 10.2 Å². The summed E-state index contributed by atoms with van der Waals surface area (Å²) in [7, 11) is -3.59. The van der Waals surface area contributed by atoms with Gasteiger partial charge < -0.3 is 4.52 Å². The van der Waals surface area contributed by atoms with E-state index in [1.165, 1.54) is 12.3 Å². The van der Waals surface area contributed by atoms with E-state index in [-0.39, 0.29) is 11.4 Å². The molecule has 2 aromatic rings. The third-order valence-electron chi connectivity index (χ3n) is 2.11. The maximum atomic E-state index is 12.0. The first-order chi connectivity index (χ1) is 8.49. The van der Waals surface area contributed by atoms with Crippen molar-refractivity contribution in [1.82, 2.24) is 9.88 Å². The number of benzene rings is 1. The lowest BCUT2D eigenvalue weighted by Gasteiger charge is -2.07. The van der Waals surface area contributed by atoms with E-state index in [4.69, 9.17) is 4.52 Å². The standard InChI is InChI=1S/C10H8Br2N2O3S/c11-7-1-2-10(9(12)5-7)18(15,16)14-6-8-3-4-13-17-8/h1-5,14H,6H2. The van der Waals surface area contributed by atoms with Crippen LogP contribution >= 0.6 is 31.9 Å². The Bertz CT molecular complexity index is 641. The summed E-state index contributed by atoms with van der Waals surface area (Å²) in [5, 5.41) is 3.50. The summed E-state index contributed by atoms with van der Waals surface area (Å²) < 4.78 is 32.6. The molecule has 0 amide bonds. The van der Waals surface area contributed by atoms with Gasteiger partial charge in [0.1, 0.15) is 0 Å².